The molecule has 1 aromatic carbocycles. The smallest absolute Gasteiger partial charge is 0.0456 e. The van der Waals surface area contributed by atoms with Crippen LogP contribution in [-0.4, -0.2) is 41.6 Å². The fraction of sp³-hybridized carbons (Fsp3) is 0.556. The first kappa shape index (κ1) is 13.4. The second-order valence-electron chi connectivity index (χ2n) is 6.56. The standard InChI is InChI=1S/C18H25N3/c1-2-6-16-15(5-1)14(13-20-16)8-10-19-17-9-12-21-11-4-3-7-18(17)21/h1-2,5-6,13,17-20H,3-4,7-12H2. The van der Waals surface area contributed by atoms with Crippen LogP contribution in [0.1, 0.15) is 31.2 Å². The SMILES string of the molecule is c1ccc2c(CCNC3CCN4CCCCC34)c[nH]c2c1. The molecule has 3 heterocycles. The highest BCUT2D eigenvalue weighted by Gasteiger charge is 2.34. The zero-order valence-corrected chi connectivity index (χ0v) is 12.6. The van der Waals surface area contributed by atoms with Crippen LogP contribution in [0.2, 0.25) is 0 Å². The molecule has 2 aromatic rings. The predicted octanol–water partition coefficient (Wildman–Crippen LogP) is 2.93. The first-order valence-electron chi connectivity index (χ1n) is 8.44. The minimum atomic E-state index is 0.718. The van der Waals surface area contributed by atoms with Crippen LogP contribution in [0.25, 0.3) is 10.9 Å². The molecule has 2 aliphatic rings. The van der Waals surface area contributed by atoms with E-state index in [1.165, 1.54) is 55.2 Å². The number of nitrogens with one attached hydrogen (secondary N) is 2. The van der Waals surface area contributed by atoms with Crippen molar-refractivity contribution in [3.63, 3.8) is 0 Å². The van der Waals surface area contributed by atoms with Crippen LogP contribution < -0.4 is 5.32 Å². The Morgan fingerprint density at radius 2 is 2.10 bits per heavy atom. The van der Waals surface area contributed by atoms with Gasteiger partial charge in [0.05, 0.1) is 0 Å². The molecule has 0 radical (unpaired) electrons. The van der Waals surface area contributed by atoms with Crippen molar-refractivity contribution in [2.75, 3.05) is 19.6 Å². The Hall–Kier alpha value is -1.32. The Bertz CT molecular complexity index is 603. The van der Waals surface area contributed by atoms with Gasteiger partial charge in [-0.2, -0.15) is 0 Å². The summed E-state index contributed by atoms with van der Waals surface area (Å²) in [4.78, 5) is 6.08. The molecule has 0 bridgehead atoms. The number of fused-ring (bicyclic) bond motifs is 2. The summed E-state index contributed by atoms with van der Waals surface area (Å²) < 4.78 is 0. The number of H-pyrrole nitrogens is 1. The van der Waals surface area contributed by atoms with Crippen LogP contribution in [0.5, 0.6) is 0 Å². The van der Waals surface area contributed by atoms with E-state index in [-0.39, 0.29) is 0 Å². The van der Waals surface area contributed by atoms with Gasteiger partial charge < -0.3 is 10.3 Å². The fourth-order valence-electron chi connectivity index (χ4n) is 4.22. The van der Waals surface area contributed by atoms with Gasteiger partial charge in [0, 0.05) is 35.7 Å². The molecule has 3 nitrogen and oxygen atoms in total. The molecule has 4 rings (SSSR count). The van der Waals surface area contributed by atoms with E-state index < -0.39 is 0 Å². The summed E-state index contributed by atoms with van der Waals surface area (Å²) in [6, 6.07) is 10.1. The van der Waals surface area contributed by atoms with E-state index in [0.717, 1.165) is 25.0 Å². The third kappa shape index (κ3) is 2.60. The van der Waals surface area contributed by atoms with Gasteiger partial charge in [0.25, 0.3) is 0 Å². The second-order valence-corrected chi connectivity index (χ2v) is 6.56. The number of piperidine rings is 1. The summed E-state index contributed by atoms with van der Waals surface area (Å²) >= 11 is 0. The van der Waals surface area contributed by atoms with Gasteiger partial charge in [-0.3, -0.25) is 4.90 Å². The largest absolute Gasteiger partial charge is 0.361 e. The van der Waals surface area contributed by atoms with Gasteiger partial charge in [-0.15, -0.1) is 0 Å². The van der Waals surface area contributed by atoms with E-state index in [4.69, 9.17) is 0 Å². The molecule has 2 atom stereocenters. The number of hydrogen-bond acceptors (Lipinski definition) is 2. The summed E-state index contributed by atoms with van der Waals surface area (Å²) in [7, 11) is 0. The average molecular weight is 283 g/mol. The van der Waals surface area contributed by atoms with E-state index >= 15 is 0 Å². The molecular weight excluding hydrogens is 258 g/mol. The molecule has 2 N–H and O–H groups in total. The number of aromatic nitrogens is 1. The number of benzene rings is 1. The number of nitrogens with zero attached hydrogens (tertiary/aromatic N) is 1. The minimum Gasteiger partial charge on any atom is -0.361 e. The summed E-state index contributed by atoms with van der Waals surface area (Å²) in [6.45, 7) is 3.72. The lowest BCUT2D eigenvalue weighted by Gasteiger charge is -2.32. The summed E-state index contributed by atoms with van der Waals surface area (Å²) in [5, 5.41) is 5.21. The van der Waals surface area contributed by atoms with Crippen LogP contribution in [-0.2, 0) is 6.42 Å². The first-order valence-corrected chi connectivity index (χ1v) is 8.44. The maximum Gasteiger partial charge on any atom is 0.0456 e. The summed E-state index contributed by atoms with van der Waals surface area (Å²) in [5.41, 5.74) is 2.70. The van der Waals surface area contributed by atoms with Crippen molar-refractivity contribution in [3.05, 3.63) is 36.0 Å². The molecule has 2 saturated heterocycles. The minimum absolute atomic E-state index is 0.718. The molecule has 2 aliphatic heterocycles. The Kier molecular flexibility index (Phi) is 3.70. The van der Waals surface area contributed by atoms with Crippen molar-refractivity contribution in [1.29, 1.82) is 0 Å². The Labute approximate surface area is 126 Å². The zero-order chi connectivity index (χ0) is 14.1. The van der Waals surface area contributed by atoms with Crippen LogP contribution in [0.3, 0.4) is 0 Å². The summed E-state index contributed by atoms with van der Waals surface area (Å²) in [6.07, 6.45) is 8.84. The van der Waals surface area contributed by atoms with Crippen LogP contribution in [0.15, 0.2) is 30.5 Å². The van der Waals surface area contributed by atoms with Crippen LogP contribution >= 0.6 is 0 Å². The highest BCUT2D eigenvalue weighted by Crippen LogP contribution is 2.27. The average Bonchev–Trinajstić information content (AvgIpc) is 3.13. The van der Waals surface area contributed by atoms with E-state index in [1.807, 2.05) is 0 Å². The normalized spacial score (nSPS) is 26.3. The molecule has 2 fully saturated rings. The monoisotopic (exact) mass is 283 g/mol. The van der Waals surface area contributed by atoms with Crippen molar-refractivity contribution in [2.45, 2.75) is 44.2 Å². The Morgan fingerprint density at radius 3 is 3.10 bits per heavy atom. The van der Waals surface area contributed by atoms with Gasteiger partial charge in [-0.05, 0) is 50.4 Å². The van der Waals surface area contributed by atoms with Gasteiger partial charge in [0.15, 0.2) is 0 Å². The molecule has 21 heavy (non-hydrogen) atoms. The number of rotatable bonds is 4. The quantitative estimate of drug-likeness (QED) is 0.904. The van der Waals surface area contributed by atoms with Gasteiger partial charge in [-0.25, -0.2) is 0 Å². The molecule has 112 valence electrons. The lowest BCUT2D eigenvalue weighted by Crippen LogP contribution is -2.45. The predicted molar refractivity (Wildman–Crippen MR) is 87.6 cm³/mol. The Balaban J connectivity index is 1.35. The first-order chi connectivity index (χ1) is 10.4. The van der Waals surface area contributed by atoms with Crippen molar-refractivity contribution < 1.29 is 0 Å². The molecule has 1 aromatic heterocycles. The van der Waals surface area contributed by atoms with Crippen molar-refractivity contribution in [1.82, 2.24) is 15.2 Å². The van der Waals surface area contributed by atoms with Gasteiger partial charge in [-0.1, -0.05) is 24.6 Å². The number of para-hydroxylation sites is 1. The molecule has 0 amide bonds. The maximum absolute atomic E-state index is 3.83. The summed E-state index contributed by atoms with van der Waals surface area (Å²) in [5.74, 6) is 0. The van der Waals surface area contributed by atoms with Crippen molar-refractivity contribution >= 4 is 10.9 Å². The third-order valence-electron chi connectivity index (χ3n) is 5.33. The number of aromatic amines is 1. The van der Waals surface area contributed by atoms with Crippen molar-refractivity contribution in [2.24, 2.45) is 0 Å². The van der Waals surface area contributed by atoms with Crippen molar-refractivity contribution in [3.8, 4) is 0 Å². The highest BCUT2D eigenvalue weighted by molar-refractivity contribution is 5.83. The third-order valence-corrected chi connectivity index (χ3v) is 5.33. The second kappa shape index (κ2) is 5.82. The van der Waals surface area contributed by atoms with Gasteiger partial charge in [0.1, 0.15) is 0 Å². The molecule has 0 aliphatic carbocycles. The maximum atomic E-state index is 3.83. The van der Waals surface area contributed by atoms with E-state index in [1.54, 1.807) is 0 Å². The number of hydrogen-bond donors (Lipinski definition) is 2. The van der Waals surface area contributed by atoms with Crippen LogP contribution in [0, 0.1) is 0 Å². The van der Waals surface area contributed by atoms with E-state index in [9.17, 15) is 0 Å². The molecule has 2 unspecified atom stereocenters. The van der Waals surface area contributed by atoms with Gasteiger partial charge >= 0.3 is 0 Å². The van der Waals surface area contributed by atoms with E-state index in [0.29, 0.717) is 0 Å². The van der Waals surface area contributed by atoms with E-state index in [2.05, 4.69) is 45.7 Å². The van der Waals surface area contributed by atoms with Crippen LogP contribution in [0.4, 0.5) is 0 Å². The molecule has 3 heteroatoms. The molecule has 0 spiro atoms. The lowest BCUT2D eigenvalue weighted by molar-refractivity contribution is 0.181. The lowest BCUT2D eigenvalue weighted by atomic mass is 9.99. The Morgan fingerprint density at radius 1 is 1.14 bits per heavy atom. The topological polar surface area (TPSA) is 31.1 Å². The zero-order valence-electron chi connectivity index (χ0n) is 12.6. The molecular formula is C18H25N3. The molecule has 0 saturated carbocycles. The highest BCUT2D eigenvalue weighted by atomic mass is 15.2. The fourth-order valence-corrected chi connectivity index (χ4v) is 4.22. The van der Waals surface area contributed by atoms with Gasteiger partial charge in [0.2, 0.25) is 0 Å².